The van der Waals surface area contributed by atoms with E-state index in [1.54, 1.807) is 6.92 Å². The largest absolute Gasteiger partial charge is 0.490 e. The summed E-state index contributed by atoms with van der Waals surface area (Å²) in [4.78, 5) is 38.4. The van der Waals surface area contributed by atoms with E-state index in [2.05, 4.69) is 13.8 Å². The van der Waals surface area contributed by atoms with Gasteiger partial charge >= 0.3 is 11.9 Å². The molecule has 7 nitrogen and oxygen atoms in total. The van der Waals surface area contributed by atoms with Crippen molar-refractivity contribution < 1.29 is 33.7 Å². The van der Waals surface area contributed by atoms with E-state index >= 15 is 0 Å². The third kappa shape index (κ3) is 3.06. The lowest BCUT2D eigenvalue weighted by molar-refractivity contribution is -0.202. The lowest BCUT2D eigenvalue weighted by Crippen LogP contribution is -2.62. The Kier molecular flexibility index (Phi) is 5.55. The number of hydrogen-bond donors (Lipinski definition) is 1. The number of allylic oxidation sites excluding steroid dienone is 2. The van der Waals surface area contributed by atoms with Gasteiger partial charge in [-0.05, 0) is 46.0 Å². The normalized spacial score (nSPS) is 44.5. The quantitative estimate of drug-likeness (QED) is 0.495. The Morgan fingerprint density at radius 1 is 1.15 bits per heavy atom. The Labute approximate surface area is 196 Å². The van der Waals surface area contributed by atoms with Gasteiger partial charge in [-0.25, -0.2) is 0 Å². The van der Waals surface area contributed by atoms with Crippen molar-refractivity contribution in [2.45, 2.75) is 84.8 Å². The highest BCUT2D eigenvalue weighted by Gasteiger charge is 2.71. The Bertz CT molecular complexity index is 920. The van der Waals surface area contributed by atoms with Crippen LogP contribution >= 0.6 is 0 Å². The number of rotatable bonds is 2. The van der Waals surface area contributed by atoms with Crippen LogP contribution in [-0.4, -0.2) is 47.7 Å². The molecular weight excluding hydrogens is 424 g/mol. The molecule has 0 radical (unpaired) electrons. The molecule has 0 bridgehead atoms. The number of cyclic esters (lactones) is 1. The van der Waals surface area contributed by atoms with E-state index in [4.69, 9.17) is 14.2 Å². The van der Waals surface area contributed by atoms with Crippen LogP contribution in [0.15, 0.2) is 11.3 Å². The molecule has 4 aliphatic rings. The summed E-state index contributed by atoms with van der Waals surface area (Å²) in [7, 11) is 1.27. The van der Waals surface area contributed by atoms with Crippen molar-refractivity contribution >= 4 is 17.7 Å². The van der Waals surface area contributed by atoms with Gasteiger partial charge in [0.25, 0.3) is 0 Å². The van der Waals surface area contributed by atoms with Gasteiger partial charge < -0.3 is 19.3 Å². The van der Waals surface area contributed by atoms with Crippen LogP contribution in [-0.2, 0) is 28.6 Å². The number of hydrogen-bond acceptors (Lipinski definition) is 7. The van der Waals surface area contributed by atoms with Crippen molar-refractivity contribution in [2.75, 3.05) is 13.7 Å². The predicted octanol–water partition coefficient (Wildman–Crippen LogP) is 3.57. The van der Waals surface area contributed by atoms with Gasteiger partial charge in [0.1, 0.15) is 22.9 Å². The Balaban J connectivity index is 1.89. The number of methoxy groups -OCH3 is 1. The molecular formula is C26H38O7. The van der Waals surface area contributed by atoms with E-state index in [9.17, 15) is 19.5 Å². The molecule has 4 rings (SSSR count). The van der Waals surface area contributed by atoms with Crippen LogP contribution in [0, 0.1) is 34.5 Å². The molecule has 7 heteroatoms. The molecule has 184 valence electrons. The second kappa shape index (κ2) is 7.56. The van der Waals surface area contributed by atoms with Gasteiger partial charge in [-0.15, -0.1) is 0 Å². The number of ether oxygens (including phenoxy) is 3. The summed E-state index contributed by atoms with van der Waals surface area (Å²) < 4.78 is 17.8. The van der Waals surface area contributed by atoms with Gasteiger partial charge in [-0.1, -0.05) is 20.8 Å². The second-order valence-corrected chi connectivity index (χ2v) is 11.7. The van der Waals surface area contributed by atoms with E-state index in [-0.39, 0.29) is 30.2 Å². The number of carbonyl (C=O) groups excluding carboxylic acids is 3. The maximum atomic E-state index is 13.3. The summed E-state index contributed by atoms with van der Waals surface area (Å²) in [6, 6.07) is 0. The van der Waals surface area contributed by atoms with Crippen LogP contribution < -0.4 is 0 Å². The number of Topliss-reactive ketones (excluding diaryl/α,β-unsaturated/α-hetero) is 1. The smallest absolute Gasteiger partial charge is 0.316 e. The van der Waals surface area contributed by atoms with Crippen molar-refractivity contribution in [3.05, 3.63) is 11.3 Å². The van der Waals surface area contributed by atoms with Gasteiger partial charge in [0.2, 0.25) is 0 Å². The van der Waals surface area contributed by atoms with Crippen LogP contribution in [0.1, 0.15) is 73.6 Å². The van der Waals surface area contributed by atoms with Crippen LogP contribution in [0.5, 0.6) is 0 Å². The van der Waals surface area contributed by atoms with Gasteiger partial charge in [0.05, 0.1) is 7.11 Å². The topological polar surface area (TPSA) is 99.1 Å². The van der Waals surface area contributed by atoms with Crippen molar-refractivity contribution in [2.24, 2.45) is 34.5 Å². The minimum Gasteiger partial charge on any atom is -0.490 e. The van der Waals surface area contributed by atoms with Crippen LogP contribution in [0.25, 0.3) is 0 Å². The maximum Gasteiger partial charge on any atom is 0.316 e. The number of fused-ring (bicyclic) bond motifs is 3. The van der Waals surface area contributed by atoms with Crippen LogP contribution in [0.2, 0.25) is 0 Å². The number of aliphatic hydroxyl groups is 1. The Morgan fingerprint density at radius 2 is 1.82 bits per heavy atom. The van der Waals surface area contributed by atoms with Crippen molar-refractivity contribution in [1.82, 2.24) is 0 Å². The van der Waals surface area contributed by atoms with Gasteiger partial charge in [-0.3, -0.25) is 14.4 Å². The first-order valence-electron chi connectivity index (χ1n) is 12.1. The molecule has 2 saturated heterocycles. The Morgan fingerprint density at radius 3 is 2.42 bits per heavy atom. The van der Waals surface area contributed by atoms with Gasteiger partial charge in [0, 0.05) is 47.7 Å². The minimum absolute atomic E-state index is 0.0805. The number of esters is 2. The van der Waals surface area contributed by atoms with Gasteiger partial charge in [0.15, 0.2) is 5.78 Å². The lowest BCUT2D eigenvalue weighted by atomic mass is 9.47. The fraction of sp³-hybridized carbons (Fsp3) is 0.808. The van der Waals surface area contributed by atoms with E-state index in [1.165, 1.54) is 7.11 Å². The molecule has 0 aromatic carbocycles. The van der Waals surface area contributed by atoms with Crippen molar-refractivity contribution in [3.8, 4) is 0 Å². The predicted molar refractivity (Wildman–Crippen MR) is 120 cm³/mol. The molecule has 3 fully saturated rings. The maximum absolute atomic E-state index is 13.3. The fourth-order valence-corrected chi connectivity index (χ4v) is 8.06. The monoisotopic (exact) mass is 462 g/mol. The number of carbonyl (C=O) groups is 3. The summed E-state index contributed by atoms with van der Waals surface area (Å²) >= 11 is 0. The summed E-state index contributed by atoms with van der Waals surface area (Å²) in [6.45, 7) is 11.8. The third-order valence-electron chi connectivity index (χ3n) is 9.78. The van der Waals surface area contributed by atoms with Gasteiger partial charge in [-0.2, -0.15) is 0 Å². The average molecular weight is 463 g/mol. The molecule has 33 heavy (non-hydrogen) atoms. The molecule has 1 spiro atoms. The molecule has 1 saturated carbocycles. The fourth-order valence-electron chi connectivity index (χ4n) is 8.06. The number of ketones is 1. The van der Waals surface area contributed by atoms with E-state index in [0.717, 1.165) is 12.8 Å². The lowest BCUT2D eigenvalue weighted by Gasteiger charge is -2.59. The summed E-state index contributed by atoms with van der Waals surface area (Å²) in [5, 5.41) is 10.4. The molecule has 2 aliphatic carbocycles. The molecule has 0 aromatic rings. The van der Waals surface area contributed by atoms with E-state index in [0.29, 0.717) is 30.6 Å². The van der Waals surface area contributed by atoms with Crippen LogP contribution in [0.4, 0.5) is 0 Å². The molecule has 0 unspecified atom stereocenters. The zero-order chi connectivity index (χ0) is 24.6. The molecule has 7 atom stereocenters. The van der Waals surface area contributed by atoms with Crippen molar-refractivity contribution in [1.29, 1.82) is 0 Å². The average Bonchev–Trinajstić information content (AvgIpc) is 3.03. The second-order valence-electron chi connectivity index (χ2n) is 11.7. The molecule has 2 aliphatic heterocycles. The first-order valence-corrected chi connectivity index (χ1v) is 12.1. The number of aliphatic hydroxyl groups excluding tert-OH is 1. The van der Waals surface area contributed by atoms with E-state index < -0.39 is 39.8 Å². The first kappa shape index (κ1) is 24.2. The third-order valence-corrected chi connectivity index (χ3v) is 9.78. The molecule has 0 aromatic heterocycles. The first-order chi connectivity index (χ1) is 15.3. The van der Waals surface area contributed by atoms with Crippen LogP contribution in [0.3, 0.4) is 0 Å². The summed E-state index contributed by atoms with van der Waals surface area (Å²) in [6.07, 6.45) is 3.34. The standard InChI is InChI=1S/C26H38O7/c1-14-8-9-17-23(3,4)32-18(28)10-11-25(17,6)26(14)13-24(5)16(12-27)19(22(30)31-7)20(29)15(2)21(24)33-26/h14,16-17,19,27H,8-13H2,1-7H3/t14-,16-,17-,19-,24+,25-,26-/m0/s1. The minimum atomic E-state index is -1.05. The van der Waals surface area contributed by atoms with E-state index in [1.807, 2.05) is 20.8 Å². The SMILES string of the molecule is COC(=O)[C@@H]1C(=O)C(C)=C2O[C@@]3(C[C@]2(C)[C@H]1CO)[C@@H](C)CC[C@H]1C(C)(C)OC(=O)CC[C@@]13C. The van der Waals surface area contributed by atoms with Crippen molar-refractivity contribution in [3.63, 3.8) is 0 Å². The highest BCUT2D eigenvalue weighted by Crippen LogP contribution is 2.69. The highest BCUT2D eigenvalue weighted by molar-refractivity contribution is 6.09. The zero-order valence-corrected chi connectivity index (χ0v) is 20.9. The Hall–Kier alpha value is -1.89. The summed E-state index contributed by atoms with van der Waals surface area (Å²) in [5.74, 6) is -1.99. The summed E-state index contributed by atoms with van der Waals surface area (Å²) in [5.41, 5.74) is -1.94. The molecule has 2 heterocycles. The highest BCUT2D eigenvalue weighted by atomic mass is 16.6. The molecule has 0 amide bonds. The zero-order valence-electron chi connectivity index (χ0n) is 20.9. The molecule has 1 N–H and O–H groups in total.